The number of nitrogens with one attached hydrogen (secondary N) is 1. The lowest BCUT2D eigenvalue weighted by Gasteiger charge is -2.49. The van der Waals surface area contributed by atoms with Gasteiger partial charge in [-0.1, -0.05) is 6.92 Å². The molecule has 4 rings (SSSR count). The molecule has 4 heterocycles. The van der Waals surface area contributed by atoms with Crippen molar-refractivity contribution in [3.8, 4) is 0 Å². The average molecular weight is 358 g/mol. The molecule has 1 aromatic heterocycles. The Balaban J connectivity index is 1.64. The Bertz CT molecular complexity index is 783. The zero-order chi connectivity index (χ0) is 17.9. The molecule has 25 heavy (non-hydrogen) atoms. The Morgan fingerprint density at radius 2 is 1.80 bits per heavy atom. The smallest absolute Gasteiger partial charge is 0.330 e. The van der Waals surface area contributed by atoms with Crippen LogP contribution in [0.5, 0.6) is 0 Å². The zero-order valence-corrected chi connectivity index (χ0v) is 13.9. The van der Waals surface area contributed by atoms with E-state index >= 15 is 0 Å². The van der Waals surface area contributed by atoms with Gasteiger partial charge < -0.3 is 23.7 Å². The second-order valence-electron chi connectivity index (χ2n) is 6.74. The van der Waals surface area contributed by atoms with Crippen molar-refractivity contribution >= 4 is 0 Å². The Hall–Kier alpha value is -1.59. The fraction of sp³-hybridized carbons (Fsp3) is 0.733. The molecule has 0 radical (unpaired) electrons. The molecule has 3 aliphatic heterocycles. The Kier molecular flexibility index (Phi) is 3.85. The van der Waals surface area contributed by atoms with Gasteiger partial charge in [-0.25, -0.2) is 4.79 Å². The van der Waals surface area contributed by atoms with Gasteiger partial charge in [0.2, 0.25) is 5.82 Å². The molecule has 3 aliphatic rings. The summed E-state index contributed by atoms with van der Waals surface area (Å²) < 4.78 is 42.9. The summed E-state index contributed by atoms with van der Waals surface area (Å²) in [5.74, 6) is -1.07. The number of aromatic amines is 1. The van der Waals surface area contributed by atoms with Crippen molar-refractivity contribution in [2.24, 2.45) is 5.41 Å². The average Bonchev–Trinajstić information content (AvgIpc) is 2.82. The predicted molar refractivity (Wildman–Crippen MR) is 78.8 cm³/mol. The molecule has 3 fully saturated rings. The Labute approximate surface area is 141 Å². The summed E-state index contributed by atoms with van der Waals surface area (Å²) >= 11 is 0. The van der Waals surface area contributed by atoms with Crippen LogP contribution in [0.3, 0.4) is 0 Å². The summed E-state index contributed by atoms with van der Waals surface area (Å²) in [6.45, 7) is 5.39. The van der Waals surface area contributed by atoms with Crippen molar-refractivity contribution in [2.75, 3.05) is 0 Å². The van der Waals surface area contributed by atoms with Gasteiger partial charge in [-0.05, 0) is 13.8 Å². The first kappa shape index (κ1) is 16.9. The van der Waals surface area contributed by atoms with Crippen molar-refractivity contribution in [3.05, 3.63) is 32.9 Å². The molecule has 138 valence electrons. The van der Waals surface area contributed by atoms with Crippen LogP contribution < -0.4 is 11.2 Å². The van der Waals surface area contributed by atoms with Crippen molar-refractivity contribution < 1.29 is 28.1 Å². The Morgan fingerprint density at radius 1 is 1.16 bits per heavy atom. The molecule has 0 saturated carbocycles. The minimum atomic E-state index is -1.07. The molecule has 0 aromatic carbocycles. The normalized spacial score (nSPS) is 43.5. The fourth-order valence-electron chi connectivity index (χ4n) is 3.51. The monoisotopic (exact) mass is 358 g/mol. The molecular weight excluding hydrogens is 339 g/mol. The van der Waals surface area contributed by atoms with Crippen LogP contribution in [-0.4, -0.2) is 40.8 Å². The van der Waals surface area contributed by atoms with Gasteiger partial charge in [-0.2, -0.15) is 4.39 Å². The van der Waals surface area contributed by atoms with Crippen LogP contribution in [0.4, 0.5) is 4.39 Å². The van der Waals surface area contributed by atoms with E-state index in [2.05, 4.69) is 0 Å². The molecule has 0 spiro atoms. The quantitative estimate of drug-likeness (QED) is 0.835. The van der Waals surface area contributed by atoms with Crippen LogP contribution in [0.25, 0.3) is 0 Å². The number of hydrogen-bond acceptors (Lipinski definition) is 7. The van der Waals surface area contributed by atoms with Gasteiger partial charge in [0, 0.05) is 6.42 Å². The summed E-state index contributed by atoms with van der Waals surface area (Å²) in [7, 11) is 0. The van der Waals surface area contributed by atoms with Gasteiger partial charge in [-0.15, -0.1) is 0 Å². The van der Waals surface area contributed by atoms with Crippen LogP contribution in [0.2, 0.25) is 0 Å². The van der Waals surface area contributed by atoms with Gasteiger partial charge in [0.25, 0.3) is 5.56 Å². The Morgan fingerprint density at radius 3 is 2.40 bits per heavy atom. The number of aromatic nitrogens is 2. The van der Waals surface area contributed by atoms with Crippen LogP contribution >= 0.6 is 0 Å². The molecule has 10 heteroatoms. The van der Waals surface area contributed by atoms with Crippen molar-refractivity contribution in [1.29, 1.82) is 0 Å². The highest BCUT2D eigenvalue weighted by atomic mass is 19.1. The van der Waals surface area contributed by atoms with E-state index < -0.39 is 47.4 Å². The number of H-pyrrole nitrogens is 1. The lowest BCUT2D eigenvalue weighted by atomic mass is 9.80. The van der Waals surface area contributed by atoms with E-state index in [0.717, 1.165) is 10.8 Å². The van der Waals surface area contributed by atoms with Crippen LogP contribution in [0, 0.1) is 11.2 Å². The first-order chi connectivity index (χ1) is 11.8. The fourth-order valence-corrected chi connectivity index (χ4v) is 3.51. The van der Waals surface area contributed by atoms with E-state index in [4.69, 9.17) is 23.7 Å². The van der Waals surface area contributed by atoms with E-state index in [1.807, 2.05) is 11.9 Å². The van der Waals surface area contributed by atoms with E-state index in [0.29, 0.717) is 0 Å². The number of ether oxygens (including phenoxy) is 5. The number of rotatable bonds is 3. The second kappa shape index (κ2) is 5.71. The summed E-state index contributed by atoms with van der Waals surface area (Å²) in [6.07, 6.45) is -2.18. The molecule has 1 aromatic rings. The van der Waals surface area contributed by atoms with Gasteiger partial charge in [-0.3, -0.25) is 14.3 Å². The zero-order valence-electron chi connectivity index (χ0n) is 13.9. The van der Waals surface area contributed by atoms with Crippen LogP contribution in [0.1, 0.15) is 33.4 Å². The minimum absolute atomic E-state index is 0.290. The predicted octanol–water partition coefficient (Wildman–Crippen LogP) is 0.407. The molecule has 1 N–H and O–H groups in total. The third kappa shape index (κ3) is 2.64. The van der Waals surface area contributed by atoms with Gasteiger partial charge in [0.1, 0.15) is 12.3 Å². The highest BCUT2D eigenvalue weighted by Gasteiger charge is 2.60. The second-order valence-corrected chi connectivity index (χ2v) is 6.74. The molecule has 1 unspecified atom stereocenters. The maximum Gasteiger partial charge on any atom is 0.330 e. The molecule has 0 bridgehead atoms. The summed E-state index contributed by atoms with van der Waals surface area (Å²) in [5.41, 5.74) is -2.52. The number of halogens is 1. The van der Waals surface area contributed by atoms with Gasteiger partial charge in [0.15, 0.2) is 25.2 Å². The summed E-state index contributed by atoms with van der Waals surface area (Å²) in [6, 6.07) is 0. The topological polar surface area (TPSA) is 101 Å². The molecule has 3 saturated heterocycles. The standard InChI is InChI=1S/C15H19FN2O7/c1-6-21-12(22-6)10-15(3,13-23-7(2)24-13)4-9(25-10)18-5-8(16)11(19)17-14(18)20/h5-7,9-10,12-13H,4H2,1-3H3,(H,17,19,20)/t6?,7?,9-,10-,12?,13?,15?/m0/s1. The van der Waals surface area contributed by atoms with Crippen molar-refractivity contribution in [2.45, 2.75) is 64.7 Å². The van der Waals surface area contributed by atoms with E-state index in [9.17, 15) is 14.0 Å². The number of nitrogens with zero attached hydrogens (tertiary/aromatic N) is 1. The molecule has 9 nitrogen and oxygen atoms in total. The maximum absolute atomic E-state index is 13.6. The first-order valence-corrected chi connectivity index (χ1v) is 8.06. The van der Waals surface area contributed by atoms with Gasteiger partial charge in [0.05, 0.1) is 11.6 Å². The SMILES string of the molecule is CC1OC([C@@H]2O[C@H](n3cc(F)c(=O)[nH]c3=O)CC2(C)C2OC(C)O2)O1. The van der Waals surface area contributed by atoms with Gasteiger partial charge >= 0.3 is 5.69 Å². The molecule has 0 amide bonds. The summed E-state index contributed by atoms with van der Waals surface area (Å²) in [4.78, 5) is 25.2. The maximum atomic E-state index is 13.6. The first-order valence-electron chi connectivity index (χ1n) is 8.06. The highest BCUT2D eigenvalue weighted by Crippen LogP contribution is 2.52. The lowest BCUT2D eigenvalue weighted by molar-refractivity contribution is -0.444. The third-order valence-corrected chi connectivity index (χ3v) is 4.87. The van der Waals surface area contributed by atoms with Crippen LogP contribution in [-0.2, 0) is 23.7 Å². The molecule has 0 aliphatic carbocycles. The number of hydrogen-bond donors (Lipinski definition) is 1. The van der Waals surface area contributed by atoms with E-state index in [-0.39, 0.29) is 19.0 Å². The largest absolute Gasteiger partial charge is 0.349 e. The van der Waals surface area contributed by atoms with E-state index in [1.54, 1.807) is 13.8 Å². The van der Waals surface area contributed by atoms with Crippen LogP contribution in [0.15, 0.2) is 15.8 Å². The van der Waals surface area contributed by atoms with Crippen molar-refractivity contribution in [3.63, 3.8) is 0 Å². The molecular formula is C15H19FN2O7. The summed E-state index contributed by atoms with van der Waals surface area (Å²) in [5, 5.41) is 0. The highest BCUT2D eigenvalue weighted by molar-refractivity contribution is 5.00. The third-order valence-electron chi connectivity index (χ3n) is 4.87. The van der Waals surface area contributed by atoms with Crippen molar-refractivity contribution in [1.82, 2.24) is 9.55 Å². The minimum Gasteiger partial charge on any atom is -0.349 e. The van der Waals surface area contributed by atoms with E-state index in [1.165, 1.54) is 0 Å². The lowest BCUT2D eigenvalue weighted by Crippen LogP contribution is -2.59. The molecule has 3 atom stereocenters.